The number of nitrogens with one attached hydrogen (secondary N) is 1. The summed E-state index contributed by atoms with van der Waals surface area (Å²) in [6.07, 6.45) is 0.883. The lowest BCUT2D eigenvalue weighted by atomic mass is 10.1. The summed E-state index contributed by atoms with van der Waals surface area (Å²) in [7, 11) is 0. The average molecular weight is 280 g/mol. The fourth-order valence-corrected chi connectivity index (χ4v) is 2.26. The molecule has 0 fully saturated rings. The van der Waals surface area contributed by atoms with E-state index in [1.165, 1.54) is 0 Å². The Hall–Kier alpha value is -2.67. The first-order valence-electron chi connectivity index (χ1n) is 6.94. The Morgan fingerprint density at radius 2 is 1.86 bits per heavy atom. The number of nitrogens with zero attached hydrogens (tertiary/aromatic N) is 1. The molecule has 4 heteroatoms. The molecule has 0 amide bonds. The van der Waals surface area contributed by atoms with Gasteiger partial charge in [0.1, 0.15) is 6.07 Å². The third-order valence-electron chi connectivity index (χ3n) is 3.32. The van der Waals surface area contributed by atoms with E-state index >= 15 is 0 Å². The van der Waals surface area contributed by atoms with E-state index in [1.807, 2.05) is 43.3 Å². The Morgan fingerprint density at radius 1 is 1.05 bits per heavy atom. The van der Waals surface area contributed by atoms with E-state index in [2.05, 4.69) is 11.4 Å². The van der Waals surface area contributed by atoms with Gasteiger partial charge >= 0.3 is 0 Å². The summed E-state index contributed by atoms with van der Waals surface area (Å²) < 4.78 is 11.3. The molecule has 1 heterocycles. The highest BCUT2D eigenvalue weighted by Crippen LogP contribution is 2.33. The molecule has 21 heavy (non-hydrogen) atoms. The molecule has 2 aromatic carbocycles. The average Bonchev–Trinajstić information content (AvgIpc) is 2.74. The monoisotopic (exact) mass is 280 g/mol. The van der Waals surface area contributed by atoms with Crippen molar-refractivity contribution in [2.24, 2.45) is 0 Å². The first-order chi connectivity index (χ1) is 10.3. The van der Waals surface area contributed by atoms with Crippen molar-refractivity contribution in [2.75, 3.05) is 18.5 Å². The minimum atomic E-state index is 0.627. The molecular weight excluding hydrogens is 264 g/mol. The fraction of sp³-hybridized carbons (Fsp3) is 0.235. The number of benzene rings is 2. The number of aryl methyl sites for hydroxylation is 1. The number of hydrogen-bond acceptors (Lipinski definition) is 4. The number of fused-ring (bicyclic) bond motifs is 1. The summed E-state index contributed by atoms with van der Waals surface area (Å²) in [5.41, 5.74) is 3.36. The van der Waals surface area contributed by atoms with Gasteiger partial charge in [0.15, 0.2) is 11.5 Å². The molecule has 0 aliphatic carbocycles. The predicted molar refractivity (Wildman–Crippen MR) is 81.2 cm³/mol. The minimum Gasteiger partial charge on any atom is -0.490 e. The molecule has 1 N–H and O–H groups in total. The summed E-state index contributed by atoms with van der Waals surface area (Å²) in [4.78, 5) is 0. The van der Waals surface area contributed by atoms with Crippen LogP contribution in [-0.2, 0) is 0 Å². The van der Waals surface area contributed by atoms with Crippen LogP contribution in [0, 0.1) is 18.3 Å². The summed E-state index contributed by atoms with van der Waals surface area (Å²) in [5, 5.41) is 12.5. The van der Waals surface area contributed by atoms with E-state index in [1.54, 1.807) is 0 Å². The highest BCUT2D eigenvalue weighted by Gasteiger charge is 2.11. The zero-order valence-electron chi connectivity index (χ0n) is 11.8. The molecule has 1 aliphatic heterocycles. The summed E-state index contributed by atoms with van der Waals surface area (Å²) >= 11 is 0. The quantitative estimate of drug-likeness (QED) is 0.909. The number of ether oxygens (including phenoxy) is 2. The third-order valence-corrected chi connectivity index (χ3v) is 3.32. The highest BCUT2D eigenvalue weighted by molar-refractivity contribution is 5.69. The smallest absolute Gasteiger partial charge is 0.163 e. The maximum Gasteiger partial charge on any atom is 0.163 e. The summed E-state index contributed by atoms with van der Waals surface area (Å²) in [6, 6.07) is 13.7. The molecule has 0 bridgehead atoms. The first kappa shape index (κ1) is 13.3. The van der Waals surface area contributed by atoms with E-state index in [9.17, 15) is 5.26 Å². The maximum absolute atomic E-state index is 9.22. The van der Waals surface area contributed by atoms with Gasteiger partial charge in [-0.15, -0.1) is 0 Å². The molecule has 0 saturated carbocycles. The van der Waals surface area contributed by atoms with Gasteiger partial charge in [-0.2, -0.15) is 5.26 Å². The van der Waals surface area contributed by atoms with Gasteiger partial charge in [-0.3, -0.25) is 0 Å². The second kappa shape index (κ2) is 5.76. The van der Waals surface area contributed by atoms with Crippen molar-refractivity contribution in [3.05, 3.63) is 47.5 Å². The van der Waals surface area contributed by atoms with Crippen LogP contribution in [-0.4, -0.2) is 13.2 Å². The Kier molecular flexibility index (Phi) is 3.65. The van der Waals surface area contributed by atoms with Crippen molar-refractivity contribution in [1.29, 1.82) is 5.26 Å². The molecule has 0 radical (unpaired) electrons. The highest BCUT2D eigenvalue weighted by atomic mass is 16.5. The van der Waals surface area contributed by atoms with Gasteiger partial charge < -0.3 is 14.8 Å². The van der Waals surface area contributed by atoms with Crippen molar-refractivity contribution in [3.63, 3.8) is 0 Å². The molecule has 2 aromatic rings. The number of hydrogen-bond donors (Lipinski definition) is 1. The molecule has 0 saturated heterocycles. The molecule has 3 rings (SSSR count). The van der Waals surface area contributed by atoms with Crippen molar-refractivity contribution in [1.82, 2.24) is 0 Å². The Balaban J connectivity index is 1.89. The van der Waals surface area contributed by atoms with Gasteiger partial charge in [0, 0.05) is 18.2 Å². The molecule has 0 atom stereocenters. The van der Waals surface area contributed by atoms with E-state index < -0.39 is 0 Å². The van der Waals surface area contributed by atoms with E-state index in [0.717, 1.165) is 34.9 Å². The van der Waals surface area contributed by atoms with E-state index in [4.69, 9.17) is 9.47 Å². The third kappa shape index (κ3) is 2.92. The summed E-state index contributed by atoms with van der Waals surface area (Å²) in [6.45, 7) is 3.30. The van der Waals surface area contributed by atoms with Gasteiger partial charge in [0.05, 0.1) is 24.5 Å². The fourth-order valence-electron chi connectivity index (χ4n) is 2.26. The van der Waals surface area contributed by atoms with Gasteiger partial charge in [-0.1, -0.05) is 6.07 Å². The molecule has 106 valence electrons. The van der Waals surface area contributed by atoms with Gasteiger partial charge in [0.2, 0.25) is 0 Å². The van der Waals surface area contributed by atoms with E-state index in [0.29, 0.717) is 18.8 Å². The minimum absolute atomic E-state index is 0.627. The van der Waals surface area contributed by atoms with Crippen LogP contribution in [0.3, 0.4) is 0 Å². The van der Waals surface area contributed by atoms with Crippen LogP contribution in [0.15, 0.2) is 36.4 Å². The summed E-state index contributed by atoms with van der Waals surface area (Å²) in [5.74, 6) is 1.51. The largest absolute Gasteiger partial charge is 0.490 e. The normalized spacial score (nSPS) is 13.1. The Morgan fingerprint density at radius 3 is 2.67 bits per heavy atom. The Labute approximate surface area is 123 Å². The maximum atomic E-state index is 9.22. The van der Waals surface area contributed by atoms with Crippen LogP contribution in [0.4, 0.5) is 11.4 Å². The number of rotatable bonds is 2. The van der Waals surface area contributed by atoms with Crippen LogP contribution in [0.1, 0.15) is 17.5 Å². The van der Waals surface area contributed by atoms with E-state index in [-0.39, 0.29) is 0 Å². The standard InChI is InChI=1S/C17H16N2O2/c1-12-3-5-15(13(9-12)11-18)19-14-4-6-16-17(10-14)21-8-2-7-20-16/h3-6,9-10,19H,2,7-8H2,1H3. The van der Waals surface area contributed by atoms with Crippen molar-refractivity contribution in [2.45, 2.75) is 13.3 Å². The Bertz CT molecular complexity index is 704. The topological polar surface area (TPSA) is 54.3 Å². The molecule has 0 aromatic heterocycles. The van der Waals surface area contributed by atoms with Gasteiger partial charge in [-0.25, -0.2) is 0 Å². The number of nitriles is 1. The lowest BCUT2D eigenvalue weighted by molar-refractivity contribution is 0.297. The van der Waals surface area contributed by atoms with Crippen LogP contribution in [0.2, 0.25) is 0 Å². The molecule has 1 aliphatic rings. The second-order valence-corrected chi connectivity index (χ2v) is 5.00. The van der Waals surface area contributed by atoms with Gasteiger partial charge in [0.25, 0.3) is 0 Å². The molecular formula is C17H16N2O2. The van der Waals surface area contributed by atoms with Crippen LogP contribution in [0.5, 0.6) is 11.5 Å². The zero-order valence-corrected chi connectivity index (χ0v) is 11.8. The van der Waals surface area contributed by atoms with Crippen LogP contribution >= 0.6 is 0 Å². The van der Waals surface area contributed by atoms with Gasteiger partial charge in [-0.05, 0) is 36.8 Å². The zero-order chi connectivity index (χ0) is 14.7. The second-order valence-electron chi connectivity index (χ2n) is 5.00. The van der Waals surface area contributed by atoms with Crippen LogP contribution < -0.4 is 14.8 Å². The first-order valence-corrected chi connectivity index (χ1v) is 6.94. The molecule has 4 nitrogen and oxygen atoms in total. The molecule has 0 unspecified atom stereocenters. The van der Waals surface area contributed by atoms with Crippen molar-refractivity contribution < 1.29 is 9.47 Å². The molecule has 0 spiro atoms. The van der Waals surface area contributed by atoms with Crippen molar-refractivity contribution in [3.8, 4) is 17.6 Å². The number of anilines is 2. The lowest BCUT2D eigenvalue weighted by Gasteiger charge is -2.12. The predicted octanol–water partition coefficient (Wildman–Crippen LogP) is 3.77. The SMILES string of the molecule is Cc1ccc(Nc2ccc3c(c2)OCCCO3)c(C#N)c1. The van der Waals surface area contributed by atoms with Crippen molar-refractivity contribution >= 4 is 11.4 Å². The lowest BCUT2D eigenvalue weighted by Crippen LogP contribution is -1.97. The van der Waals surface area contributed by atoms with Crippen LogP contribution in [0.25, 0.3) is 0 Å².